The van der Waals surface area contributed by atoms with Crippen molar-refractivity contribution in [2.24, 2.45) is 0 Å². The molecule has 0 bridgehead atoms. The van der Waals surface area contributed by atoms with Crippen LogP contribution in [-0.2, 0) is 6.54 Å². The highest BCUT2D eigenvalue weighted by molar-refractivity contribution is 5.40. The van der Waals surface area contributed by atoms with Gasteiger partial charge in [0.15, 0.2) is 5.82 Å². The molecule has 0 unspecified atom stereocenters. The molecule has 2 heterocycles. The van der Waals surface area contributed by atoms with Gasteiger partial charge in [-0.3, -0.25) is 9.80 Å². The van der Waals surface area contributed by atoms with Crippen LogP contribution in [0.4, 0.5) is 0 Å². The molecule has 0 amide bonds. The Hall–Kier alpha value is -2.12. The van der Waals surface area contributed by atoms with Crippen molar-refractivity contribution in [1.29, 1.82) is 0 Å². The van der Waals surface area contributed by atoms with E-state index < -0.39 is 0 Å². The average Bonchev–Trinajstić information content (AvgIpc) is 3.08. The Labute approximate surface area is 148 Å². The van der Waals surface area contributed by atoms with Crippen LogP contribution in [0.15, 0.2) is 22.7 Å². The first-order chi connectivity index (χ1) is 12.1. The Morgan fingerprint density at radius 2 is 1.92 bits per heavy atom. The molecule has 0 aliphatic carbocycles. The molecule has 1 aliphatic rings. The van der Waals surface area contributed by atoms with Gasteiger partial charge in [-0.15, -0.1) is 0 Å². The summed E-state index contributed by atoms with van der Waals surface area (Å²) in [7, 11) is 3.39. The first-order valence-electron chi connectivity index (χ1n) is 8.58. The van der Waals surface area contributed by atoms with Gasteiger partial charge in [0.1, 0.15) is 11.5 Å². The predicted octanol–water partition coefficient (Wildman–Crippen LogP) is 2.27. The molecule has 1 aromatic heterocycles. The van der Waals surface area contributed by atoms with Crippen LogP contribution < -0.4 is 9.47 Å². The molecule has 1 atom stereocenters. The number of benzene rings is 1. The van der Waals surface area contributed by atoms with E-state index in [2.05, 4.69) is 32.9 Å². The van der Waals surface area contributed by atoms with E-state index in [9.17, 15) is 0 Å². The van der Waals surface area contributed by atoms with E-state index in [4.69, 9.17) is 14.0 Å². The fourth-order valence-electron chi connectivity index (χ4n) is 3.19. The first kappa shape index (κ1) is 17.7. The maximum atomic E-state index is 5.49. The lowest BCUT2D eigenvalue weighted by Crippen LogP contribution is -2.46. The second kappa shape index (κ2) is 7.84. The molecular weight excluding hydrogens is 320 g/mol. The zero-order valence-corrected chi connectivity index (χ0v) is 15.4. The summed E-state index contributed by atoms with van der Waals surface area (Å²) >= 11 is 0. The van der Waals surface area contributed by atoms with E-state index in [1.165, 1.54) is 0 Å². The topological polar surface area (TPSA) is 63.9 Å². The van der Waals surface area contributed by atoms with Crippen LogP contribution in [0.25, 0.3) is 0 Å². The highest BCUT2D eigenvalue weighted by Crippen LogP contribution is 2.26. The highest BCUT2D eigenvalue weighted by Gasteiger charge is 2.25. The van der Waals surface area contributed by atoms with Crippen molar-refractivity contribution in [1.82, 2.24) is 19.9 Å². The Morgan fingerprint density at radius 3 is 2.52 bits per heavy atom. The van der Waals surface area contributed by atoms with Crippen LogP contribution in [-0.4, -0.2) is 60.3 Å². The highest BCUT2D eigenvalue weighted by atomic mass is 16.5. The van der Waals surface area contributed by atoms with Gasteiger partial charge in [-0.1, -0.05) is 5.16 Å². The minimum Gasteiger partial charge on any atom is -0.497 e. The third-order valence-corrected chi connectivity index (χ3v) is 4.74. The van der Waals surface area contributed by atoms with Gasteiger partial charge in [-0.05, 0) is 32.0 Å². The lowest BCUT2D eigenvalue weighted by atomic mass is 10.1. The van der Waals surface area contributed by atoms with Crippen molar-refractivity contribution >= 4 is 0 Å². The standard InChI is InChI=1S/C18H26N4O3/c1-13(18-19-14(2)20-25-18)22-9-7-21(8-10-22)12-15-11-16(23-3)5-6-17(15)24-4/h5-6,11,13H,7-10,12H2,1-4H3/t13-/m1/s1. The molecule has 7 nitrogen and oxygen atoms in total. The summed E-state index contributed by atoms with van der Waals surface area (Å²) in [6, 6.07) is 6.09. The van der Waals surface area contributed by atoms with Gasteiger partial charge >= 0.3 is 0 Å². The van der Waals surface area contributed by atoms with Crippen LogP contribution in [0.5, 0.6) is 11.5 Å². The van der Waals surface area contributed by atoms with Crippen LogP contribution in [0, 0.1) is 6.92 Å². The molecule has 1 aromatic carbocycles. The summed E-state index contributed by atoms with van der Waals surface area (Å²) in [5.41, 5.74) is 1.15. The molecule has 0 spiro atoms. The van der Waals surface area contributed by atoms with Crippen LogP contribution in [0.2, 0.25) is 0 Å². The van der Waals surface area contributed by atoms with Crippen molar-refractivity contribution in [3.05, 3.63) is 35.5 Å². The van der Waals surface area contributed by atoms with Crippen molar-refractivity contribution in [3.63, 3.8) is 0 Å². The number of hydrogen-bond donors (Lipinski definition) is 0. The van der Waals surface area contributed by atoms with Gasteiger partial charge in [0.25, 0.3) is 0 Å². The number of ether oxygens (including phenoxy) is 2. The van der Waals surface area contributed by atoms with Crippen molar-refractivity contribution in [2.45, 2.75) is 26.4 Å². The normalized spacial score (nSPS) is 17.4. The lowest BCUT2D eigenvalue weighted by molar-refractivity contribution is 0.0840. The molecule has 0 radical (unpaired) electrons. The van der Waals surface area contributed by atoms with Crippen LogP contribution in [0.1, 0.15) is 30.2 Å². The third kappa shape index (κ3) is 4.11. The molecule has 2 aromatic rings. The van der Waals surface area contributed by atoms with E-state index in [0.29, 0.717) is 11.7 Å². The minimum absolute atomic E-state index is 0.148. The largest absolute Gasteiger partial charge is 0.497 e. The van der Waals surface area contributed by atoms with Gasteiger partial charge in [-0.2, -0.15) is 4.98 Å². The van der Waals surface area contributed by atoms with Crippen molar-refractivity contribution < 1.29 is 14.0 Å². The number of aromatic nitrogens is 2. The molecule has 1 aliphatic heterocycles. The molecule has 7 heteroatoms. The second-order valence-corrected chi connectivity index (χ2v) is 6.35. The monoisotopic (exact) mass is 346 g/mol. The number of methoxy groups -OCH3 is 2. The molecular formula is C18H26N4O3. The summed E-state index contributed by atoms with van der Waals surface area (Å²) < 4.78 is 16.1. The molecule has 0 saturated carbocycles. The Morgan fingerprint density at radius 1 is 1.16 bits per heavy atom. The van der Waals surface area contributed by atoms with Crippen LogP contribution >= 0.6 is 0 Å². The zero-order valence-electron chi connectivity index (χ0n) is 15.4. The average molecular weight is 346 g/mol. The van der Waals surface area contributed by atoms with Crippen molar-refractivity contribution in [3.8, 4) is 11.5 Å². The summed E-state index contributed by atoms with van der Waals surface area (Å²) in [6.45, 7) is 8.72. The number of rotatable bonds is 6. The molecule has 1 fully saturated rings. The smallest absolute Gasteiger partial charge is 0.243 e. The van der Waals surface area contributed by atoms with E-state index in [-0.39, 0.29) is 6.04 Å². The maximum Gasteiger partial charge on any atom is 0.243 e. The van der Waals surface area contributed by atoms with E-state index >= 15 is 0 Å². The Balaban J connectivity index is 1.59. The van der Waals surface area contributed by atoms with Gasteiger partial charge in [0.05, 0.1) is 20.3 Å². The number of nitrogens with zero attached hydrogens (tertiary/aromatic N) is 4. The molecule has 3 rings (SSSR count). The predicted molar refractivity (Wildman–Crippen MR) is 93.8 cm³/mol. The van der Waals surface area contributed by atoms with Crippen molar-refractivity contribution in [2.75, 3.05) is 40.4 Å². The maximum absolute atomic E-state index is 5.49. The SMILES string of the molecule is COc1ccc(OC)c(CN2CCN([C@H](C)c3nc(C)no3)CC2)c1. The van der Waals surface area contributed by atoms with Crippen LogP contribution in [0.3, 0.4) is 0 Å². The summed E-state index contributed by atoms with van der Waals surface area (Å²) in [6.07, 6.45) is 0. The number of hydrogen-bond acceptors (Lipinski definition) is 7. The van der Waals surface area contributed by atoms with E-state index in [1.807, 2.05) is 19.1 Å². The number of aryl methyl sites for hydroxylation is 1. The molecule has 136 valence electrons. The third-order valence-electron chi connectivity index (χ3n) is 4.74. The summed E-state index contributed by atoms with van der Waals surface area (Å²) in [5, 5.41) is 3.89. The Kier molecular flexibility index (Phi) is 5.55. The fraction of sp³-hybridized carbons (Fsp3) is 0.556. The number of piperazine rings is 1. The fourth-order valence-corrected chi connectivity index (χ4v) is 3.19. The summed E-state index contributed by atoms with van der Waals surface area (Å²) in [5.74, 6) is 3.14. The quantitative estimate of drug-likeness (QED) is 0.795. The second-order valence-electron chi connectivity index (χ2n) is 6.35. The molecule has 0 N–H and O–H groups in total. The van der Waals surface area contributed by atoms with Gasteiger partial charge in [0.2, 0.25) is 5.89 Å². The first-order valence-corrected chi connectivity index (χ1v) is 8.58. The van der Waals surface area contributed by atoms with Gasteiger partial charge in [-0.25, -0.2) is 0 Å². The Bertz CT molecular complexity index is 695. The minimum atomic E-state index is 0.148. The summed E-state index contributed by atoms with van der Waals surface area (Å²) in [4.78, 5) is 9.16. The van der Waals surface area contributed by atoms with Gasteiger partial charge < -0.3 is 14.0 Å². The lowest BCUT2D eigenvalue weighted by Gasteiger charge is -2.37. The van der Waals surface area contributed by atoms with E-state index in [1.54, 1.807) is 14.2 Å². The molecule has 1 saturated heterocycles. The van der Waals surface area contributed by atoms with Gasteiger partial charge in [0, 0.05) is 38.3 Å². The van der Waals surface area contributed by atoms with E-state index in [0.717, 1.165) is 49.8 Å². The zero-order chi connectivity index (χ0) is 17.8. The molecule has 25 heavy (non-hydrogen) atoms.